The van der Waals surface area contributed by atoms with Gasteiger partial charge in [0.25, 0.3) is 5.91 Å². The van der Waals surface area contributed by atoms with Crippen molar-refractivity contribution in [3.8, 4) is 0 Å². The molecule has 1 saturated heterocycles. The van der Waals surface area contributed by atoms with Gasteiger partial charge in [-0.15, -0.1) is 11.3 Å². The fourth-order valence-electron chi connectivity index (χ4n) is 3.02. The Hall–Kier alpha value is -2.29. The number of nitrogens with one attached hydrogen (secondary N) is 1. The van der Waals surface area contributed by atoms with Crippen LogP contribution in [0.2, 0.25) is 0 Å². The zero-order valence-corrected chi connectivity index (χ0v) is 14.6. The Morgan fingerprint density at radius 2 is 2.24 bits per heavy atom. The molecule has 0 radical (unpaired) electrons. The first-order valence-corrected chi connectivity index (χ1v) is 9.03. The van der Waals surface area contributed by atoms with Gasteiger partial charge in [0, 0.05) is 24.2 Å². The highest BCUT2D eigenvalue weighted by molar-refractivity contribution is 7.09. The molecule has 1 atom stereocenters. The zero-order chi connectivity index (χ0) is 17.8. The summed E-state index contributed by atoms with van der Waals surface area (Å²) in [5.74, 6) is -0.537. The molecule has 25 heavy (non-hydrogen) atoms. The van der Waals surface area contributed by atoms with Crippen LogP contribution in [0, 0.1) is 0 Å². The summed E-state index contributed by atoms with van der Waals surface area (Å²) in [6.07, 6.45) is 1.77. The summed E-state index contributed by atoms with van der Waals surface area (Å²) in [5, 5.41) is 5.27. The number of carbonyl (C=O) groups is 2. The number of benzene rings is 1. The molecule has 1 aliphatic rings. The van der Waals surface area contributed by atoms with Crippen LogP contribution in [0.15, 0.2) is 29.6 Å². The highest BCUT2D eigenvalue weighted by atomic mass is 32.1. The van der Waals surface area contributed by atoms with E-state index in [1.165, 1.54) is 11.3 Å². The van der Waals surface area contributed by atoms with Crippen LogP contribution in [0.4, 0.5) is 5.69 Å². The van der Waals surface area contributed by atoms with E-state index in [1.807, 2.05) is 24.3 Å². The second-order valence-electron chi connectivity index (χ2n) is 6.02. The number of primary amides is 1. The van der Waals surface area contributed by atoms with Gasteiger partial charge in [-0.05, 0) is 37.1 Å². The number of thiazole rings is 1. The third kappa shape index (κ3) is 4.22. The minimum absolute atomic E-state index is 0.206. The summed E-state index contributed by atoms with van der Waals surface area (Å²) < 4.78 is 0. The van der Waals surface area contributed by atoms with Gasteiger partial charge >= 0.3 is 0 Å². The van der Waals surface area contributed by atoms with E-state index in [2.05, 4.69) is 15.2 Å². The third-order valence-corrected chi connectivity index (χ3v) is 5.09. The van der Waals surface area contributed by atoms with Gasteiger partial charge in [0.05, 0.1) is 6.04 Å². The molecule has 1 aromatic carbocycles. The minimum atomic E-state index is -0.277. The SMILES string of the molecule is NCc1nc(C(=O)Nc2cccc(CN3CCCC3C(N)=O)c2)cs1. The Labute approximate surface area is 150 Å². The van der Waals surface area contributed by atoms with Gasteiger partial charge in [0.2, 0.25) is 5.91 Å². The maximum Gasteiger partial charge on any atom is 0.275 e. The molecular formula is C17H21N5O2S. The number of anilines is 1. The van der Waals surface area contributed by atoms with Crippen LogP contribution in [0.25, 0.3) is 0 Å². The van der Waals surface area contributed by atoms with Crippen molar-refractivity contribution in [3.05, 3.63) is 45.9 Å². The summed E-state index contributed by atoms with van der Waals surface area (Å²) >= 11 is 1.37. The Kier molecular flexibility index (Phi) is 5.42. The van der Waals surface area contributed by atoms with E-state index in [0.717, 1.165) is 30.0 Å². The first kappa shape index (κ1) is 17.5. The molecular weight excluding hydrogens is 338 g/mol. The zero-order valence-electron chi connectivity index (χ0n) is 13.8. The molecule has 3 rings (SSSR count). The van der Waals surface area contributed by atoms with Gasteiger partial charge in [-0.25, -0.2) is 4.98 Å². The van der Waals surface area contributed by atoms with Crippen LogP contribution in [0.5, 0.6) is 0 Å². The average molecular weight is 359 g/mol. The number of hydrogen-bond donors (Lipinski definition) is 3. The molecule has 8 heteroatoms. The van der Waals surface area contributed by atoms with E-state index in [4.69, 9.17) is 11.5 Å². The molecule has 2 heterocycles. The smallest absolute Gasteiger partial charge is 0.275 e. The summed E-state index contributed by atoms with van der Waals surface area (Å²) in [6, 6.07) is 7.38. The fraction of sp³-hybridized carbons (Fsp3) is 0.353. The number of carbonyl (C=O) groups excluding carboxylic acids is 2. The van der Waals surface area contributed by atoms with Crippen molar-refractivity contribution < 1.29 is 9.59 Å². The number of likely N-dealkylation sites (tertiary alicyclic amines) is 1. The van der Waals surface area contributed by atoms with Crippen molar-refractivity contribution in [1.82, 2.24) is 9.88 Å². The van der Waals surface area contributed by atoms with Crippen molar-refractivity contribution in [2.75, 3.05) is 11.9 Å². The lowest BCUT2D eigenvalue weighted by Crippen LogP contribution is -2.39. The summed E-state index contributed by atoms with van der Waals surface area (Å²) in [5.41, 5.74) is 13.1. The number of nitrogens with two attached hydrogens (primary N) is 2. The fourth-order valence-corrected chi connectivity index (χ4v) is 3.68. The molecule has 0 bridgehead atoms. The standard InChI is InChI=1S/C17H21N5O2S/c18-8-15-21-13(10-25-15)17(24)20-12-4-1-3-11(7-12)9-22-6-2-5-14(22)16(19)23/h1,3-4,7,10,14H,2,5-6,8-9,18H2,(H2,19,23)(H,20,24). The molecule has 1 unspecified atom stereocenters. The Balaban J connectivity index is 1.67. The molecule has 132 valence electrons. The highest BCUT2D eigenvalue weighted by Crippen LogP contribution is 2.21. The maximum absolute atomic E-state index is 12.3. The van der Waals surface area contributed by atoms with Gasteiger partial charge in [-0.3, -0.25) is 14.5 Å². The van der Waals surface area contributed by atoms with Crippen molar-refractivity contribution >= 4 is 28.8 Å². The van der Waals surface area contributed by atoms with Gasteiger partial charge in [0.15, 0.2) is 0 Å². The topological polar surface area (TPSA) is 114 Å². The van der Waals surface area contributed by atoms with E-state index < -0.39 is 0 Å². The molecule has 1 fully saturated rings. The molecule has 5 N–H and O–H groups in total. The molecule has 0 spiro atoms. The van der Waals surface area contributed by atoms with Crippen molar-refractivity contribution in [2.24, 2.45) is 11.5 Å². The predicted molar refractivity (Wildman–Crippen MR) is 97.0 cm³/mol. The lowest BCUT2D eigenvalue weighted by molar-refractivity contribution is -0.122. The van der Waals surface area contributed by atoms with Crippen molar-refractivity contribution in [1.29, 1.82) is 0 Å². The van der Waals surface area contributed by atoms with E-state index >= 15 is 0 Å². The third-order valence-electron chi connectivity index (χ3n) is 4.22. The minimum Gasteiger partial charge on any atom is -0.368 e. The first-order valence-electron chi connectivity index (χ1n) is 8.15. The summed E-state index contributed by atoms with van der Waals surface area (Å²) in [6.45, 7) is 1.81. The van der Waals surface area contributed by atoms with Gasteiger partial charge in [0.1, 0.15) is 10.7 Å². The van der Waals surface area contributed by atoms with Crippen LogP contribution < -0.4 is 16.8 Å². The molecule has 7 nitrogen and oxygen atoms in total. The van der Waals surface area contributed by atoms with Crippen LogP contribution in [0.1, 0.15) is 33.9 Å². The number of rotatable bonds is 6. The number of aromatic nitrogens is 1. The summed E-state index contributed by atoms with van der Waals surface area (Å²) in [4.78, 5) is 30.0. The number of amides is 2. The van der Waals surface area contributed by atoms with E-state index in [0.29, 0.717) is 24.5 Å². The molecule has 2 aromatic rings. The lowest BCUT2D eigenvalue weighted by atomic mass is 10.1. The Bertz CT molecular complexity index is 776. The molecule has 2 amide bonds. The first-order chi connectivity index (χ1) is 12.1. The van der Waals surface area contributed by atoms with E-state index in [9.17, 15) is 9.59 Å². The monoisotopic (exact) mass is 359 g/mol. The quantitative estimate of drug-likeness (QED) is 0.719. The van der Waals surface area contributed by atoms with Gasteiger partial charge < -0.3 is 16.8 Å². The number of hydrogen-bond acceptors (Lipinski definition) is 6. The molecule has 0 aliphatic carbocycles. The van der Waals surface area contributed by atoms with E-state index in [1.54, 1.807) is 5.38 Å². The second kappa shape index (κ2) is 7.73. The van der Waals surface area contributed by atoms with Crippen LogP contribution in [0.3, 0.4) is 0 Å². The van der Waals surface area contributed by atoms with Crippen molar-refractivity contribution in [2.45, 2.75) is 32.0 Å². The normalized spacial score (nSPS) is 17.6. The van der Waals surface area contributed by atoms with Crippen LogP contribution in [-0.4, -0.2) is 34.3 Å². The highest BCUT2D eigenvalue weighted by Gasteiger charge is 2.28. The average Bonchev–Trinajstić information content (AvgIpc) is 3.24. The Morgan fingerprint density at radius 3 is 2.96 bits per heavy atom. The largest absolute Gasteiger partial charge is 0.368 e. The maximum atomic E-state index is 12.3. The van der Waals surface area contributed by atoms with E-state index in [-0.39, 0.29) is 17.9 Å². The Morgan fingerprint density at radius 1 is 1.40 bits per heavy atom. The lowest BCUT2D eigenvalue weighted by Gasteiger charge is -2.22. The molecule has 1 aliphatic heterocycles. The van der Waals surface area contributed by atoms with Crippen LogP contribution >= 0.6 is 11.3 Å². The molecule has 1 aromatic heterocycles. The summed E-state index contributed by atoms with van der Waals surface area (Å²) in [7, 11) is 0. The predicted octanol–water partition coefficient (Wildman–Crippen LogP) is 1.30. The van der Waals surface area contributed by atoms with Gasteiger partial charge in [-0.2, -0.15) is 0 Å². The second-order valence-corrected chi connectivity index (χ2v) is 6.96. The van der Waals surface area contributed by atoms with Crippen molar-refractivity contribution in [3.63, 3.8) is 0 Å². The number of nitrogens with zero attached hydrogens (tertiary/aromatic N) is 2. The van der Waals surface area contributed by atoms with Crippen LogP contribution in [-0.2, 0) is 17.9 Å². The van der Waals surface area contributed by atoms with Gasteiger partial charge in [-0.1, -0.05) is 12.1 Å². The molecule has 0 saturated carbocycles.